The maximum atomic E-state index is 13.1. The van der Waals surface area contributed by atoms with Crippen LogP contribution in [0.15, 0.2) is 0 Å². The van der Waals surface area contributed by atoms with Crippen molar-refractivity contribution in [3.63, 3.8) is 0 Å². The van der Waals surface area contributed by atoms with Crippen LogP contribution in [0.3, 0.4) is 0 Å². The molecule has 3 fully saturated rings. The summed E-state index contributed by atoms with van der Waals surface area (Å²) in [6.45, 7) is 5.89. The third-order valence-corrected chi connectivity index (χ3v) is 8.98. The van der Waals surface area contributed by atoms with Crippen LogP contribution in [0.1, 0.15) is 124 Å². The van der Waals surface area contributed by atoms with Crippen molar-refractivity contribution in [3.05, 3.63) is 0 Å². The van der Waals surface area contributed by atoms with E-state index in [0.29, 0.717) is 25.7 Å². The van der Waals surface area contributed by atoms with E-state index in [-0.39, 0.29) is 43.5 Å². The van der Waals surface area contributed by atoms with E-state index in [1.165, 1.54) is 0 Å². The minimum absolute atomic E-state index is 0.0294. The fourth-order valence-electron chi connectivity index (χ4n) is 6.04. The van der Waals surface area contributed by atoms with Gasteiger partial charge in [-0.15, -0.1) is 0 Å². The molecule has 0 aromatic carbocycles. The number of fused-ring (bicyclic) bond motifs is 1. The highest BCUT2D eigenvalue weighted by Crippen LogP contribution is 2.44. The minimum atomic E-state index is -1.19. The highest BCUT2D eigenvalue weighted by atomic mass is 16.7. The van der Waals surface area contributed by atoms with E-state index in [1.54, 1.807) is 6.92 Å². The van der Waals surface area contributed by atoms with Crippen molar-refractivity contribution >= 4 is 11.9 Å². The zero-order valence-electron chi connectivity index (χ0n) is 27.0. The first-order valence-corrected chi connectivity index (χ1v) is 17.2. The Morgan fingerprint density at radius 1 is 0.864 bits per heavy atom. The van der Waals surface area contributed by atoms with Gasteiger partial charge in [0.25, 0.3) is 0 Å². The van der Waals surface area contributed by atoms with E-state index < -0.39 is 55.0 Å². The Hall–Kier alpha value is -1.34. The first-order chi connectivity index (χ1) is 21.1. The Balaban J connectivity index is 1.61. The van der Waals surface area contributed by atoms with Gasteiger partial charge in [-0.2, -0.15) is 0 Å². The highest BCUT2D eigenvalue weighted by Gasteiger charge is 2.54. The van der Waals surface area contributed by atoms with Gasteiger partial charge in [-0.05, 0) is 39.0 Å². The van der Waals surface area contributed by atoms with Crippen LogP contribution in [0.25, 0.3) is 0 Å². The number of carboxylic acids is 1. The van der Waals surface area contributed by atoms with Crippen LogP contribution in [0.2, 0.25) is 0 Å². The molecule has 4 N–H and O–H groups in total. The molecule has 0 radical (unpaired) electrons. The number of unbranched alkanes of at least 4 members (excludes halogenated alkanes) is 8. The summed E-state index contributed by atoms with van der Waals surface area (Å²) in [7, 11) is 0. The fraction of sp³-hybridized carbons (Fsp3) is 0.939. The topological polar surface area (TPSA) is 161 Å². The second kappa shape index (κ2) is 19.4. The number of aliphatic carboxylic acids is 1. The summed E-state index contributed by atoms with van der Waals surface area (Å²) in [6, 6.07) is 0. The van der Waals surface area contributed by atoms with E-state index in [0.717, 1.165) is 64.2 Å². The van der Waals surface area contributed by atoms with Gasteiger partial charge in [0, 0.05) is 11.8 Å². The third-order valence-electron chi connectivity index (χ3n) is 8.98. The van der Waals surface area contributed by atoms with Gasteiger partial charge < -0.3 is 44.1 Å². The van der Waals surface area contributed by atoms with Gasteiger partial charge in [-0.1, -0.05) is 71.6 Å². The quantitative estimate of drug-likeness (QED) is 0.0640. The predicted octanol–water partition coefficient (Wildman–Crippen LogP) is 4.46. The van der Waals surface area contributed by atoms with E-state index in [4.69, 9.17) is 23.7 Å². The molecule has 256 valence electrons. The molecule has 1 heterocycles. The van der Waals surface area contributed by atoms with Crippen LogP contribution in [-0.4, -0.2) is 94.3 Å². The molecule has 11 nitrogen and oxygen atoms in total. The van der Waals surface area contributed by atoms with Crippen molar-refractivity contribution in [2.75, 3.05) is 6.61 Å². The summed E-state index contributed by atoms with van der Waals surface area (Å²) in [6.07, 6.45) is 6.14. The van der Waals surface area contributed by atoms with Crippen molar-refractivity contribution in [1.29, 1.82) is 0 Å². The third kappa shape index (κ3) is 13.2. The molecule has 11 atom stereocenters. The molecule has 11 heteroatoms. The molecule has 3 rings (SSSR count). The summed E-state index contributed by atoms with van der Waals surface area (Å²) in [5.41, 5.74) is 0. The van der Waals surface area contributed by atoms with Gasteiger partial charge >= 0.3 is 11.9 Å². The lowest BCUT2D eigenvalue weighted by Gasteiger charge is -2.33. The number of aliphatic hydroxyl groups is 3. The van der Waals surface area contributed by atoms with Crippen molar-refractivity contribution in [3.8, 4) is 0 Å². The molecule has 1 aliphatic heterocycles. The SMILES string of the molecule is CCCCCCC[C@H](CC(=O)O)OC(=O)C[C@@H](CCCCCCC)OC(CO[C@@H]1OC2C[C@@H]2C(O)[C@@H]1O)OC1C[C@@H]1[C@@H](C)O. The number of esters is 1. The van der Waals surface area contributed by atoms with Crippen LogP contribution in [0.5, 0.6) is 0 Å². The fourth-order valence-corrected chi connectivity index (χ4v) is 6.04. The van der Waals surface area contributed by atoms with Gasteiger partial charge in [0.05, 0.1) is 43.4 Å². The van der Waals surface area contributed by atoms with Crippen LogP contribution in [-0.2, 0) is 33.3 Å². The lowest BCUT2D eigenvalue weighted by molar-refractivity contribution is -0.280. The Kier molecular flexibility index (Phi) is 16.3. The predicted molar refractivity (Wildman–Crippen MR) is 162 cm³/mol. The minimum Gasteiger partial charge on any atom is -0.481 e. The summed E-state index contributed by atoms with van der Waals surface area (Å²) in [5, 5.41) is 40.2. The number of carbonyl (C=O) groups is 2. The van der Waals surface area contributed by atoms with E-state index in [2.05, 4.69) is 13.8 Å². The second-order valence-corrected chi connectivity index (χ2v) is 13.1. The first-order valence-electron chi connectivity index (χ1n) is 17.2. The lowest BCUT2D eigenvalue weighted by atomic mass is 10.0. The van der Waals surface area contributed by atoms with E-state index >= 15 is 0 Å². The molecule has 4 unspecified atom stereocenters. The summed E-state index contributed by atoms with van der Waals surface area (Å²) in [4.78, 5) is 24.6. The molecule has 2 saturated carbocycles. The first kappa shape index (κ1) is 37.1. The molecule has 3 aliphatic rings. The van der Waals surface area contributed by atoms with E-state index in [9.17, 15) is 30.0 Å². The molecule has 44 heavy (non-hydrogen) atoms. The van der Waals surface area contributed by atoms with E-state index in [1.807, 2.05) is 0 Å². The van der Waals surface area contributed by atoms with Crippen molar-refractivity contribution < 1.29 is 53.7 Å². The van der Waals surface area contributed by atoms with Gasteiger partial charge in [0.15, 0.2) is 12.6 Å². The molecular weight excluding hydrogens is 572 g/mol. The number of hydrogen-bond acceptors (Lipinski definition) is 10. The molecule has 0 aromatic rings. The van der Waals surface area contributed by atoms with Crippen molar-refractivity contribution in [1.82, 2.24) is 0 Å². The van der Waals surface area contributed by atoms with Crippen LogP contribution < -0.4 is 0 Å². The Morgan fingerprint density at radius 3 is 2.09 bits per heavy atom. The largest absolute Gasteiger partial charge is 0.481 e. The smallest absolute Gasteiger partial charge is 0.308 e. The average Bonchev–Trinajstić information content (AvgIpc) is 3.89. The molecule has 0 spiro atoms. The lowest BCUT2D eigenvalue weighted by Crippen LogP contribution is -2.48. The average molecular weight is 631 g/mol. The Labute approximate surface area is 262 Å². The molecular formula is C33H58O11. The van der Waals surface area contributed by atoms with Gasteiger partial charge in [0.2, 0.25) is 0 Å². The van der Waals surface area contributed by atoms with Gasteiger partial charge in [-0.25, -0.2) is 0 Å². The standard InChI is InChI=1S/C33H58O11/c1-4-6-8-10-12-14-22(16-28(35)36)41-29(37)17-23(15-13-11-9-7-5-2)42-30(43-26-18-24(26)21(3)34)20-40-33-32(39)31(38)25-19-27(25)44-33/h21-27,30-34,38-39H,4-20H2,1-3H3,(H,35,36)/t21-,22-,23-,24-,25+,26?,27?,30?,31?,32+,33-/m1/s1. The molecule has 2 aliphatic carbocycles. The Morgan fingerprint density at radius 2 is 1.50 bits per heavy atom. The normalized spacial score (nSPS) is 30.2. The molecule has 0 bridgehead atoms. The maximum absolute atomic E-state index is 13.1. The Bertz CT molecular complexity index is 839. The van der Waals surface area contributed by atoms with Crippen LogP contribution >= 0.6 is 0 Å². The molecule has 1 saturated heterocycles. The monoisotopic (exact) mass is 630 g/mol. The van der Waals surface area contributed by atoms with Crippen LogP contribution in [0.4, 0.5) is 0 Å². The number of carbonyl (C=O) groups excluding carboxylic acids is 1. The van der Waals surface area contributed by atoms with Gasteiger partial charge in [-0.3, -0.25) is 9.59 Å². The number of ether oxygens (including phenoxy) is 5. The zero-order chi connectivity index (χ0) is 32.1. The number of rotatable bonds is 25. The number of aliphatic hydroxyl groups excluding tert-OH is 3. The van der Waals surface area contributed by atoms with Gasteiger partial charge in [0.1, 0.15) is 18.8 Å². The summed E-state index contributed by atoms with van der Waals surface area (Å²) >= 11 is 0. The highest BCUT2D eigenvalue weighted by molar-refractivity contribution is 5.72. The summed E-state index contributed by atoms with van der Waals surface area (Å²) in [5.74, 6) is -1.61. The number of carboxylic acid groups (broad SMARTS) is 1. The second-order valence-electron chi connectivity index (χ2n) is 13.1. The molecule has 0 aromatic heterocycles. The number of hydrogen-bond donors (Lipinski definition) is 4. The summed E-state index contributed by atoms with van der Waals surface area (Å²) < 4.78 is 29.8. The van der Waals surface area contributed by atoms with Crippen LogP contribution in [0, 0.1) is 11.8 Å². The zero-order valence-corrected chi connectivity index (χ0v) is 27.0. The maximum Gasteiger partial charge on any atom is 0.308 e. The molecule has 0 amide bonds. The van der Waals surface area contributed by atoms with Crippen molar-refractivity contribution in [2.24, 2.45) is 11.8 Å². The van der Waals surface area contributed by atoms with Crippen molar-refractivity contribution in [2.45, 2.75) is 179 Å².